The van der Waals surface area contributed by atoms with Gasteiger partial charge in [-0.15, -0.1) is 0 Å². The summed E-state index contributed by atoms with van der Waals surface area (Å²) in [6.45, 7) is 3.92. The van der Waals surface area contributed by atoms with Gasteiger partial charge >= 0.3 is 5.97 Å². The lowest BCUT2D eigenvalue weighted by Crippen LogP contribution is -2.08. The highest BCUT2D eigenvalue weighted by Crippen LogP contribution is 2.24. The number of nitrogens with one attached hydrogen (secondary N) is 1. The van der Waals surface area contributed by atoms with Crippen molar-refractivity contribution in [1.82, 2.24) is 9.97 Å². The number of aromatic nitrogens is 2. The second-order valence-corrected chi connectivity index (χ2v) is 4.22. The minimum atomic E-state index is -1.16. The van der Waals surface area contributed by atoms with Crippen molar-refractivity contribution in [2.45, 2.75) is 20.0 Å². The highest BCUT2D eigenvalue weighted by molar-refractivity contribution is 5.86. The number of nitrogens with zero attached hydrogens (tertiary/aromatic N) is 1. The van der Waals surface area contributed by atoms with Gasteiger partial charge in [-0.2, -0.15) is 0 Å². The second-order valence-electron chi connectivity index (χ2n) is 4.22. The zero-order chi connectivity index (χ0) is 13.3. The topological polar surface area (TPSA) is 86.2 Å². The Bertz CT molecular complexity index is 590. The van der Waals surface area contributed by atoms with Crippen LogP contribution in [0.15, 0.2) is 24.5 Å². The highest BCUT2D eigenvalue weighted by atomic mass is 16.4. The Kier molecular flexibility index (Phi) is 3.16. The van der Waals surface area contributed by atoms with E-state index in [1.807, 2.05) is 26.0 Å². The minimum Gasteiger partial charge on any atom is -0.476 e. The molecule has 0 saturated heterocycles. The minimum absolute atomic E-state index is 0.152. The summed E-state index contributed by atoms with van der Waals surface area (Å²) in [5, 5.41) is 19.1. The molecule has 0 radical (unpaired) electrons. The van der Waals surface area contributed by atoms with Crippen LogP contribution < -0.4 is 0 Å². The standard InChI is InChI=1S/C13H14N2O3/c1-7-3-4-9(5-8(7)2)12(16)10-11(13(17)18)15-6-14-10/h3-6,12,16H,1-2H3,(H,14,15)(H,17,18). The zero-order valence-electron chi connectivity index (χ0n) is 10.1. The molecular formula is C13H14N2O3. The molecule has 0 aliphatic heterocycles. The molecule has 3 N–H and O–H groups in total. The fraction of sp³-hybridized carbons (Fsp3) is 0.231. The van der Waals surface area contributed by atoms with E-state index in [2.05, 4.69) is 9.97 Å². The molecule has 0 spiro atoms. The maximum absolute atomic E-state index is 10.9. The largest absolute Gasteiger partial charge is 0.476 e. The van der Waals surface area contributed by atoms with Crippen LogP contribution in [0.5, 0.6) is 0 Å². The van der Waals surface area contributed by atoms with E-state index in [4.69, 9.17) is 5.11 Å². The quantitative estimate of drug-likeness (QED) is 0.770. The Morgan fingerprint density at radius 2 is 2.06 bits per heavy atom. The number of aliphatic hydroxyl groups is 1. The van der Waals surface area contributed by atoms with Gasteiger partial charge < -0.3 is 15.2 Å². The van der Waals surface area contributed by atoms with Crippen molar-refractivity contribution in [3.63, 3.8) is 0 Å². The van der Waals surface area contributed by atoms with E-state index in [1.54, 1.807) is 6.07 Å². The number of rotatable bonds is 3. The van der Waals surface area contributed by atoms with Crippen LogP contribution in [0, 0.1) is 13.8 Å². The van der Waals surface area contributed by atoms with Crippen LogP contribution in [0.3, 0.4) is 0 Å². The Morgan fingerprint density at radius 3 is 2.67 bits per heavy atom. The fourth-order valence-corrected chi connectivity index (χ4v) is 1.78. The molecule has 5 nitrogen and oxygen atoms in total. The third-order valence-corrected chi connectivity index (χ3v) is 2.99. The van der Waals surface area contributed by atoms with Crippen molar-refractivity contribution in [2.75, 3.05) is 0 Å². The molecule has 0 fully saturated rings. The van der Waals surface area contributed by atoms with Gasteiger partial charge in [-0.25, -0.2) is 9.78 Å². The number of aromatic carboxylic acids is 1. The maximum atomic E-state index is 10.9. The second kappa shape index (κ2) is 4.62. The number of H-pyrrole nitrogens is 1. The average molecular weight is 246 g/mol. The first-order valence-corrected chi connectivity index (χ1v) is 5.52. The number of imidazole rings is 1. The van der Waals surface area contributed by atoms with Gasteiger partial charge in [0.05, 0.1) is 12.0 Å². The predicted molar refractivity (Wildman–Crippen MR) is 65.5 cm³/mol. The monoisotopic (exact) mass is 246 g/mol. The number of hydrogen-bond acceptors (Lipinski definition) is 3. The summed E-state index contributed by atoms with van der Waals surface area (Å²) in [6, 6.07) is 5.51. The van der Waals surface area contributed by atoms with Crippen LogP contribution in [0.4, 0.5) is 0 Å². The first-order valence-electron chi connectivity index (χ1n) is 5.52. The number of hydrogen-bond donors (Lipinski definition) is 3. The van der Waals surface area contributed by atoms with E-state index in [0.717, 1.165) is 11.1 Å². The maximum Gasteiger partial charge on any atom is 0.356 e. The molecule has 0 aliphatic carbocycles. The number of aliphatic hydroxyl groups excluding tert-OH is 1. The van der Waals surface area contributed by atoms with Crippen LogP contribution in [0.1, 0.15) is 39.0 Å². The molecule has 18 heavy (non-hydrogen) atoms. The molecule has 0 bridgehead atoms. The van der Waals surface area contributed by atoms with Gasteiger partial charge in [-0.3, -0.25) is 0 Å². The van der Waals surface area contributed by atoms with E-state index in [0.29, 0.717) is 5.56 Å². The number of carboxylic acids is 1. The van der Waals surface area contributed by atoms with Gasteiger partial charge in [0.1, 0.15) is 6.10 Å². The van der Waals surface area contributed by atoms with E-state index in [9.17, 15) is 9.90 Å². The van der Waals surface area contributed by atoms with Crippen molar-refractivity contribution >= 4 is 5.97 Å². The Hall–Kier alpha value is -2.14. The number of aryl methyl sites for hydroxylation is 2. The van der Waals surface area contributed by atoms with E-state index in [1.165, 1.54) is 6.33 Å². The summed E-state index contributed by atoms with van der Waals surface area (Å²) < 4.78 is 0. The molecule has 1 aromatic heterocycles. The zero-order valence-corrected chi connectivity index (χ0v) is 10.1. The summed E-state index contributed by atoms with van der Waals surface area (Å²) in [7, 11) is 0. The lowest BCUT2D eigenvalue weighted by molar-refractivity contribution is 0.0685. The van der Waals surface area contributed by atoms with E-state index in [-0.39, 0.29) is 11.4 Å². The normalized spacial score (nSPS) is 12.4. The van der Waals surface area contributed by atoms with Crippen LogP contribution >= 0.6 is 0 Å². The van der Waals surface area contributed by atoms with E-state index < -0.39 is 12.1 Å². The molecule has 0 saturated carbocycles. The summed E-state index contributed by atoms with van der Waals surface area (Å²) in [4.78, 5) is 17.3. The first kappa shape index (κ1) is 12.3. The van der Waals surface area contributed by atoms with Crippen molar-refractivity contribution in [2.24, 2.45) is 0 Å². The van der Waals surface area contributed by atoms with Gasteiger partial charge in [0.25, 0.3) is 0 Å². The molecule has 5 heteroatoms. The SMILES string of the molecule is Cc1ccc(C(O)c2[nH]cnc2C(=O)O)cc1C. The first-order chi connectivity index (χ1) is 8.50. The molecule has 2 aromatic rings. The van der Waals surface area contributed by atoms with Crippen molar-refractivity contribution in [3.8, 4) is 0 Å². The molecule has 94 valence electrons. The van der Waals surface area contributed by atoms with E-state index >= 15 is 0 Å². The summed E-state index contributed by atoms with van der Waals surface area (Å²) in [5.41, 5.74) is 2.85. The lowest BCUT2D eigenvalue weighted by atomic mass is 10.0. The molecular weight excluding hydrogens is 232 g/mol. The third kappa shape index (κ3) is 2.12. The highest BCUT2D eigenvalue weighted by Gasteiger charge is 2.21. The Morgan fingerprint density at radius 1 is 1.33 bits per heavy atom. The smallest absolute Gasteiger partial charge is 0.356 e. The van der Waals surface area contributed by atoms with Crippen molar-refractivity contribution in [3.05, 3.63) is 52.6 Å². The molecule has 1 heterocycles. The lowest BCUT2D eigenvalue weighted by Gasteiger charge is -2.12. The Balaban J connectivity index is 2.41. The molecule has 1 unspecified atom stereocenters. The van der Waals surface area contributed by atoms with Crippen LogP contribution in [0.2, 0.25) is 0 Å². The Labute approximate surface area is 104 Å². The van der Waals surface area contributed by atoms with Gasteiger partial charge in [0.2, 0.25) is 0 Å². The van der Waals surface area contributed by atoms with Gasteiger partial charge in [-0.1, -0.05) is 18.2 Å². The van der Waals surface area contributed by atoms with Crippen LogP contribution in [-0.2, 0) is 0 Å². The van der Waals surface area contributed by atoms with Crippen molar-refractivity contribution < 1.29 is 15.0 Å². The average Bonchev–Trinajstić information content (AvgIpc) is 2.81. The van der Waals surface area contributed by atoms with Crippen molar-refractivity contribution in [1.29, 1.82) is 0 Å². The summed E-state index contributed by atoms with van der Waals surface area (Å²) in [5.74, 6) is -1.16. The number of carbonyl (C=O) groups is 1. The summed E-state index contributed by atoms with van der Waals surface area (Å²) >= 11 is 0. The van der Waals surface area contributed by atoms with Gasteiger partial charge in [-0.05, 0) is 30.5 Å². The van der Waals surface area contributed by atoms with Gasteiger partial charge in [0.15, 0.2) is 5.69 Å². The van der Waals surface area contributed by atoms with Crippen LogP contribution in [-0.4, -0.2) is 26.2 Å². The van der Waals surface area contributed by atoms with Crippen LogP contribution in [0.25, 0.3) is 0 Å². The number of benzene rings is 1. The molecule has 2 rings (SSSR count). The van der Waals surface area contributed by atoms with Gasteiger partial charge in [0, 0.05) is 0 Å². The third-order valence-electron chi connectivity index (χ3n) is 2.99. The molecule has 1 aromatic carbocycles. The molecule has 0 aliphatic rings. The molecule has 1 atom stereocenters. The number of carboxylic acid groups (broad SMARTS) is 1. The molecule has 0 amide bonds. The number of aromatic amines is 1. The fourth-order valence-electron chi connectivity index (χ4n) is 1.78. The predicted octanol–water partition coefficient (Wildman–Crippen LogP) is 1.81. The summed E-state index contributed by atoms with van der Waals surface area (Å²) in [6.07, 6.45) is 0.251.